The van der Waals surface area contributed by atoms with Gasteiger partial charge in [-0.1, -0.05) is 34.4 Å². The molecule has 0 bridgehead atoms. The van der Waals surface area contributed by atoms with Crippen molar-refractivity contribution in [2.75, 3.05) is 23.8 Å². The topological polar surface area (TPSA) is 100 Å². The number of oxime groups is 1. The molecular weight excluding hydrogens is 386 g/mol. The number of nitrogens with zero attached hydrogens (tertiary/aromatic N) is 4. The summed E-state index contributed by atoms with van der Waals surface area (Å²) in [5, 5.41) is 15.5. The lowest BCUT2D eigenvalue weighted by Gasteiger charge is -2.25. The number of hydrogen-bond donors (Lipinski definition) is 2. The van der Waals surface area contributed by atoms with Crippen molar-refractivity contribution in [2.45, 2.75) is 33.0 Å². The lowest BCUT2D eigenvalue weighted by molar-refractivity contribution is -0.598. The Kier molecular flexibility index (Phi) is 5.91. The highest BCUT2D eigenvalue weighted by Gasteiger charge is 2.37. The van der Waals surface area contributed by atoms with Crippen LogP contribution < -0.4 is 19.5 Å². The van der Waals surface area contributed by atoms with Gasteiger partial charge in [0.2, 0.25) is 5.82 Å². The number of aromatic nitrogens is 2. The summed E-state index contributed by atoms with van der Waals surface area (Å²) in [6, 6.07) is 7.65. The van der Waals surface area contributed by atoms with Crippen LogP contribution in [0, 0.1) is 0 Å². The van der Waals surface area contributed by atoms with E-state index in [2.05, 4.69) is 22.0 Å². The number of ether oxygens (including phenoxy) is 2. The van der Waals surface area contributed by atoms with Crippen LogP contribution in [0.3, 0.4) is 0 Å². The maximum atomic E-state index is 12.8. The molecule has 0 saturated heterocycles. The molecule has 0 spiro atoms. The fourth-order valence-electron chi connectivity index (χ4n) is 2.99. The van der Waals surface area contributed by atoms with Gasteiger partial charge in [-0.3, -0.25) is 0 Å². The number of amides is 1. The Labute approximate surface area is 175 Å². The first-order valence-corrected chi connectivity index (χ1v) is 9.47. The Hall–Kier alpha value is -3.62. The van der Waals surface area contributed by atoms with Crippen LogP contribution in [0.15, 0.2) is 42.1 Å². The summed E-state index contributed by atoms with van der Waals surface area (Å²) in [6.07, 6.45) is 2.35. The van der Waals surface area contributed by atoms with Crippen LogP contribution in [-0.2, 0) is 11.3 Å². The van der Waals surface area contributed by atoms with E-state index in [0.717, 1.165) is 11.3 Å². The minimum atomic E-state index is -0.669. The third-order valence-corrected chi connectivity index (χ3v) is 4.27. The van der Waals surface area contributed by atoms with Crippen molar-refractivity contribution in [1.82, 2.24) is 4.98 Å². The van der Waals surface area contributed by atoms with Crippen molar-refractivity contribution in [3.8, 4) is 11.6 Å². The Bertz CT molecular complexity index is 998. The minimum absolute atomic E-state index is 0.285. The van der Waals surface area contributed by atoms with E-state index in [9.17, 15) is 10.0 Å². The Morgan fingerprint density at radius 1 is 1.47 bits per heavy atom. The third kappa shape index (κ3) is 4.19. The monoisotopic (exact) mass is 412 g/mol. The molecule has 0 unspecified atom stereocenters. The molecule has 9 heteroatoms. The van der Waals surface area contributed by atoms with E-state index in [1.807, 2.05) is 24.3 Å². The highest BCUT2D eigenvalue weighted by atomic mass is 16.6. The molecule has 1 aromatic heterocycles. The average Bonchev–Trinajstić information content (AvgIpc) is 2.71. The molecule has 0 atom stereocenters. The number of hydrogen-bond acceptors (Lipinski definition) is 7. The number of anilines is 2. The maximum absolute atomic E-state index is 12.8. The number of rotatable bonds is 5. The van der Waals surface area contributed by atoms with Gasteiger partial charge in [0.15, 0.2) is 0 Å². The lowest BCUT2D eigenvalue weighted by atomic mass is 10.1. The molecule has 2 N–H and O–H groups in total. The number of fused-ring (bicyclic) bond motifs is 3. The summed E-state index contributed by atoms with van der Waals surface area (Å²) in [4.78, 5) is 18.8. The second-order valence-corrected chi connectivity index (χ2v) is 7.69. The van der Waals surface area contributed by atoms with Crippen molar-refractivity contribution in [3.63, 3.8) is 0 Å². The van der Waals surface area contributed by atoms with Gasteiger partial charge in [-0.2, -0.15) is 9.47 Å². The molecule has 1 aliphatic rings. The van der Waals surface area contributed by atoms with E-state index in [-0.39, 0.29) is 5.95 Å². The quantitative estimate of drug-likeness (QED) is 0.257. The summed E-state index contributed by atoms with van der Waals surface area (Å²) >= 11 is 0. The molecule has 3 rings (SSSR count). The van der Waals surface area contributed by atoms with Crippen LogP contribution in [-0.4, -0.2) is 41.7 Å². The number of para-hydroxylation sites is 1. The predicted molar refractivity (Wildman–Crippen MR) is 113 cm³/mol. The van der Waals surface area contributed by atoms with Crippen LogP contribution in [0.1, 0.15) is 31.9 Å². The van der Waals surface area contributed by atoms with Crippen molar-refractivity contribution in [3.05, 3.63) is 48.0 Å². The first-order chi connectivity index (χ1) is 14.3. The largest absolute Gasteiger partial charge is 0.479 e. The van der Waals surface area contributed by atoms with Crippen molar-refractivity contribution in [2.24, 2.45) is 5.16 Å². The molecule has 0 radical (unpaired) electrons. The van der Waals surface area contributed by atoms with Gasteiger partial charge in [-0.25, -0.2) is 4.79 Å². The molecule has 30 heavy (non-hydrogen) atoms. The first kappa shape index (κ1) is 21.1. The van der Waals surface area contributed by atoms with Crippen LogP contribution in [0.5, 0.6) is 5.88 Å². The molecule has 0 aliphatic carbocycles. The Morgan fingerprint density at radius 2 is 2.20 bits per heavy atom. The van der Waals surface area contributed by atoms with E-state index in [1.54, 1.807) is 38.5 Å². The predicted octanol–water partition coefficient (Wildman–Crippen LogP) is 3.03. The fourth-order valence-corrected chi connectivity index (χ4v) is 2.99. The number of nitrogens with one attached hydrogen (secondary N) is 1. The summed E-state index contributed by atoms with van der Waals surface area (Å²) in [6.45, 7) is 9.82. The lowest BCUT2D eigenvalue weighted by Crippen LogP contribution is -2.48. The van der Waals surface area contributed by atoms with Crippen LogP contribution in [0.2, 0.25) is 0 Å². The smallest absolute Gasteiger partial charge is 0.462 e. The van der Waals surface area contributed by atoms with Crippen LogP contribution >= 0.6 is 0 Å². The van der Waals surface area contributed by atoms with Gasteiger partial charge in [0.1, 0.15) is 23.5 Å². The molecule has 2 aromatic rings. The van der Waals surface area contributed by atoms with Gasteiger partial charge in [0, 0.05) is 12.1 Å². The molecule has 158 valence electrons. The number of benzene rings is 1. The van der Waals surface area contributed by atoms with Crippen molar-refractivity contribution in [1.29, 1.82) is 0 Å². The first-order valence-electron chi connectivity index (χ1n) is 9.47. The normalized spacial score (nSPS) is 12.5. The van der Waals surface area contributed by atoms with Crippen LogP contribution in [0.4, 0.5) is 16.6 Å². The maximum Gasteiger partial charge on any atom is 0.479 e. The van der Waals surface area contributed by atoms with Gasteiger partial charge < -0.3 is 20.0 Å². The molecular formula is C21H26N5O4+. The van der Waals surface area contributed by atoms with Gasteiger partial charge >= 0.3 is 12.0 Å². The molecule has 0 saturated carbocycles. The Balaban J connectivity index is 2.25. The summed E-state index contributed by atoms with van der Waals surface area (Å²) in [5.41, 5.74) is 1.50. The molecule has 1 aromatic carbocycles. The zero-order valence-corrected chi connectivity index (χ0v) is 17.5. The standard InChI is InChI=1S/C21H25N5O4/c1-6-11-22-17-15(12-23-28)18-26(16-10-8-7-9-14(16)13-29-18)19(24-17)25(5)20(27)30-21(2,3)4/h6-10,12,28H,1,11,13H2,2-5H3/p+1/b23-12-. The fraction of sp³-hybridized carbons (Fsp3) is 0.333. The number of carbonyl (C=O) groups is 1. The van der Waals surface area contributed by atoms with Gasteiger partial charge in [0.25, 0.3) is 5.88 Å². The van der Waals surface area contributed by atoms with Gasteiger partial charge in [-0.15, -0.1) is 6.58 Å². The van der Waals surface area contributed by atoms with E-state index in [4.69, 9.17) is 9.47 Å². The highest BCUT2D eigenvalue weighted by Crippen LogP contribution is 2.30. The second kappa shape index (κ2) is 8.40. The van der Waals surface area contributed by atoms with Crippen LogP contribution in [0.25, 0.3) is 5.69 Å². The molecule has 9 nitrogen and oxygen atoms in total. The minimum Gasteiger partial charge on any atom is -0.462 e. The summed E-state index contributed by atoms with van der Waals surface area (Å²) in [7, 11) is 1.58. The molecule has 1 aliphatic heterocycles. The third-order valence-electron chi connectivity index (χ3n) is 4.27. The molecule has 1 amide bonds. The molecule has 2 heterocycles. The van der Waals surface area contributed by atoms with Gasteiger partial charge in [-0.05, 0) is 26.8 Å². The zero-order chi connectivity index (χ0) is 21.9. The Morgan fingerprint density at radius 3 is 2.87 bits per heavy atom. The van der Waals surface area contributed by atoms with E-state index >= 15 is 0 Å². The zero-order valence-electron chi connectivity index (χ0n) is 17.5. The van der Waals surface area contributed by atoms with Gasteiger partial charge in [0.05, 0.1) is 13.3 Å². The summed E-state index contributed by atoms with van der Waals surface area (Å²) < 4.78 is 13.2. The summed E-state index contributed by atoms with van der Waals surface area (Å²) in [5.74, 6) is 1.05. The van der Waals surface area contributed by atoms with E-state index < -0.39 is 11.7 Å². The second-order valence-electron chi connectivity index (χ2n) is 7.69. The SMILES string of the molecule is C=CCNc1nc(N(C)C(=O)OC(C)(C)C)[n+]2c(c1/C=N\O)OCc1ccccc1-2. The average molecular weight is 412 g/mol. The number of carbonyl (C=O) groups excluding carboxylic acids is 1. The van der Waals surface area contributed by atoms with Crippen molar-refractivity contribution >= 4 is 24.1 Å². The van der Waals surface area contributed by atoms with E-state index in [1.165, 1.54) is 11.1 Å². The molecule has 0 fully saturated rings. The highest BCUT2D eigenvalue weighted by molar-refractivity contribution is 5.90. The van der Waals surface area contributed by atoms with E-state index in [0.29, 0.717) is 30.4 Å². The van der Waals surface area contributed by atoms with Crippen molar-refractivity contribution < 1.29 is 24.0 Å².